The quantitative estimate of drug-likeness (QED) is 0.789. The van der Waals surface area contributed by atoms with Gasteiger partial charge in [0.1, 0.15) is 0 Å². The molecule has 92 valence electrons. The number of rotatable bonds is 6. The third kappa shape index (κ3) is 3.84. The Morgan fingerprint density at radius 1 is 1.41 bits per heavy atom. The maximum Gasteiger partial charge on any atom is 0.241 e. The van der Waals surface area contributed by atoms with Crippen molar-refractivity contribution < 1.29 is 8.42 Å². The first-order valence-electron chi connectivity index (χ1n) is 5.31. The number of hydrogen-bond donors (Lipinski definition) is 1. The van der Waals surface area contributed by atoms with Gasteiger partial charge >= 0.3 is 0 Å². The minimum Gasteiger partial charge on any atom is -0.207 e. The van der Waals surface area contributed by atoms with Crippen LogP contribution in [0.4, 0.5) is 0 Å². The summed E-state index contributed by atoms with van der Waals surface area (Å²) in [6.45, 7) is 9.18. The largest absolute Gasteiger partial charge is 0.241 e. The Hall–Kier alpha value is -1.39. The Labute approximate surface area is 103 Å². The van der Waals surface area contributed by atoms with Crippen LogP contribution in [0.3, 0.4) is 0 Å². The lowest BCUT2D eigenvalue weighted by Gasteiger charge is -2.17. The molecule has 0 heterocycles. The highest BCUT2D eigenvalue weighted by Crippen LogP contribution is 2.12. The Morgan fingerprint density at radius 3 is 2.47 bits per heavy atom. The van der Waals surface area contributed by atoms with Crippen molar-refractivity contribution in [2.45, 2.75) is 24.3 Å². The molecule has 0 amide bonds. The van der Waals surface area contributed by atoms with Gasteiger partial charge in [-0.2, -0.15) is 0 Å². The lowest BCUT2D eigenvalue weighted by atomic mass is 10.1. The van der Waals surface area contributed by atoms with Crippen LogP contribution in [0.5, 0.6) is 0 Å². The summed E-state index contributed by atoms with van der Waals surface area (Å²) in [5, 5.41) is 0. The summed E-state index contributed by atoms with van der Waals surface area (Å²) in [7, 11) is -3.49. The fourth-order valence-corrected chi connectivity index (χ4v) is 2.70. The van der Waals surface area contributed by atoms with Crippen molar-refractivity contribution in [2.24, 2.45) is 0 Å². The smallest absolute Gasteiger partial charge is 0.207 e. The van der Waals surface area contributed by atoms with E-state index in [1.165, 1.54) is 0 Å². The van der Waals surface area contributed by atoms with Crippen molar-refractivity contribution in [1.82, 2.24) is 4.72 Å². The van der Waals surface area contributed by atoms with E-state index in [9.17, 15) is 8.42 Å². The summed E-state index contributed by atoms with van der Waals surface area (Å²) in [4.78, 5) is 0.260. The number of sulfonamides is 1. The minimum atomic E-state index is -3.49. The minimum absolute atomic E-state index is 0.260. The van der Waals surface area contributed by atoms with E-state index in [4.69, 9.17) is 0 Å². The fourth-order valence-electron chi connectivity index (χ4n) is 1.37. The van der Waals surface area contributed by atoms with Crippen LogP contribution in [0.25, 0.3) is 0 Å². The third-order valence-corrected chi connectivity index (χ3v) is 3.84. The lowest BCUT2D eigenvalue weighted by molar-refractivity contribution is 0.567. The predicted molar refractivity (Wildman–Crippen MR) is 70.2 cm³/mol. The molecule has 4 heteroatoms. The van der Waals surface area contributed by atoms with Crippen LogP contribution < -0.4 is 4.72 Å². The molecule has 0 saturated heterocycles. The summed E-state index contributed by atoms with van der Waals surface area (Å²) in [5.41, 5.74) is 0.768. The molecule has 3 nitrogen and oxygen atoms in total. The SMILES string of the molecule is C=CCC(NS(=O)(=O)c1ccccc1)C(=C)C. The molecular weight excluding hydrogens is 234 g/mol. The molecule has 0 bridgehead atoms. The number of nitrogens with one attached hydrogen (secondary N) is 1. The van der Waals surface area contributed by atoms with Crippen molar-refractivity contribution in [3.05, 3.63) is 55.1 Å². The van der Waals surface area contributed by atoms with Crippen LogP contribution in [0.1, 0.15) is 13.3 Å². The first-order chi connectivity index (χ1) is 7.97. The van der Waals surface area contributed by atoms with Gasteiger partial charge in [-0.1, -0.05) is 36.4 Å². The maximum absolute atomic E-state index is 12.0. The molecule has 0 aliphatic heterocycles. The molecule has 0 spiro atoms. The van der Waals surface area contributed by atoms with Gasteiger partial charge in [0.2, 0.25) is 10.0 Å². The second-order valence-electron chi connectivity index (χ2n) is 3.86. The zero-order valence-electron chi connectivity index (χ0n) is 9.89. The van der Waals surface area contributed by atoms with Crippen LogP contribution >= 0.6 is 0 Å². The van der Waals surface area contributed by atoms with Gasteiger partial charge in [-0.05, 0) is 25.5 Å². The van der Waals surface area contributed by atoms with Gasteiger partial charge in [0.15, 0.2) is 0 Å². The van der Waals surface area contributed by atoms with E-state index >= 15 is 0 Å². The summed E-state index contributed by atoms with van der Waals surface area (Å²) in [6.07, 6.45) is 2.20. The van der Waals surface area contributed by atoms with Gasteiger partial charge in [-0.3, -0.25) is 0 Å². The summed E-state index contributed by atoms with van der Waals surface area (Å²) in [5.74, 6) is 0. The van der Waals surface area contributed by atoms with E-state index in [0.29, 0.717) is 6.42 Å². The van der Waals surface area contributed by atoms with E-state index in [1.807, 2.05) is 0 Å². The normalized spacial score (nSPS) is 13.0. The summed E-state index contributed by atoms with van der Waals surface area (Å²) >= 11 is 0. The fraction of sp³-hybridized carbons (Fsp3) is 0.231. The summed E-state index contributed by atoms with van der Waals surface area (Å²) in [6, 6.07) is 7.98. The Balaban J connectivity index is 2.93. The van der Waals surface area contributed by atoms with Crippen molar-refractivity contribution >= 4 is 10.0 Å². The van der Waals surface area contributed by atoms with Gasteiger partial charge < -0.3 is 0 Å². The molecule has 1 unspecified atom stereocenters. The molecule has 1 N–H and O–H groups in total. The molecule has 1 aromatic rings. The van der Waals surface area contributed by atoms with Gasteiger partial charge in [0.25, 0.3) is 0 Å². The van der Waals surface area contributed by atoms with Crippen LogP contribution in [0.2, 0.25) is 0 Å². The van der Waals surface area contributed by atoms with Crippen LogP contribution in [-0.2, 0) is 10.0 Å². The van der Waals surface area contributed by atoms with Gasteiger partial charge in [-0.25, -0.2) is 13.1 Å². The molecule has 17 heavy (non-hydrogen) atoms. The first-order valence-corrected chi connectivity index (χ1v) is 6.79. The van der Waals surface area contributed by atoms with E-state index in [1.54, 1.807) is 43.3 Å². The van der Waals surface area contributed by atoms with Crippen molar-refractivity contribution in [3.63, 3.8) is 0 Å². The van der Waals surface area contributed by atoms with E-state index < -0.39 is 10.0 Å². The Morgan fingerprint density at radius 2 is 2.00 bits per heavy atom. The molecule has 0 aromatic heterocycles. The molecule has 0 fully saturated rings. The molecule has 0 aliphatic carbocycles. The molecule has 0 saturated carbocycles. The third-order valence-electron chi connectivity index (χ3n) is 2.35. The number of hydrogen-bond acceptors (Lipinski definition) is 2. The van der Waals surface area contributed by atoms with Crippen molar-refractivity contribution in [1.29, 1.82) is 0 Å². The zero-order valence-corrected chi connectivity index (χ0v) is 10.7. The highest BCUT2D eigenvalue weighted by molar-refractivity contribution is 7.89. The van der Waals surface area contributed by atoms with Crippen LogP contribution in [0, 0.1) is 0 Å². The topological polar surface area (TPSA) is 46.2 Å². The number of benzene rings is 1. The van der Waals surface area contributed by atoms with Gasteiger partial charge in [-0.15, -0.1) is 6.58 Å². The monoisotopic (exact) mass is 251 g/mol. The second kappa shape index (κ2) is 5.80. The lowest BCUT2D eigenvalue weighted by Crippen LogP contribution is -2.35. The zero-order chi connectivity index (χ0) is 12.9. The van der Waals surface area contributed by atoms with E-state index in [-0.39, 0.29) is 10.9 Å². The van der Waals surface area contributed by atoms with Gasteiger partial charge in [0.05, 0.1) is 4.90 Å². The predicted octanol–water partition coefficient (Wildman–Crippen LogP) is 2.49. The highest BCUT2D eigenvalue weighted by atomic mass is 32.2. The molecular formula is C13H17NO2S. The molecule has 1 aromatic carbocycles. The van der Waals surface area contributed by atoms with E-state index in [0.717, 1.165) is 5.57 Å². The van der Waals surface area contributed by atoms with Crippen LogP contribution in [-0.4, -0.2) is 14.5 Å². The van der Waals surface area contributed by atoms with Gasteiger partial charge in [0, 0.05) is 6.04 Å². The van der Waals surface area contributed by atoms with Crippen LogP contribution in [0.15, 0.2) is 60.0 Å². The van der Waals surface area contributed by atoms with E-state index in [2.05, 4.69) is 17.9 Å². The maximum atomic E-state index is 12.0. The Kier molecular flexibility index (Phi) is 4.66. The highest BCUT2D eigenvalue weighted by Gasteiger charge is 2.19. The molecule has 0 aliphatic rings. The van der Waals surface area contributed by atoms with Crippen molar-refractivity contribution in [3.8, 4) is 0 Å². The standard InChI is InChI=1S/C13H17NO2S/c1-4-8-13(11(2)3)14-17(15,16)12-9-6-5-7-10-12/h4-7,9-10,13-14H,1-2,8H2,3H3. The average molecular weight is 251 g/mol. The van der Waals surface area contributed by atoms with Crippen molar-refractivity contribution in [2.75, 3.05) is 0 Å². The average Bonchev–Trinajstić information content (AvgIpc) is 2.29. The second-order valence-corrected chi connectivity index (χ2v) is 5.57. The molecule has 0 radical (unpaired) electrons. The Bertz CT molecular complexity index is 491. The summed E-state index contributed by atoms with van der Waals surface area (Å²) < 4.78 is 26.7. The first kappa shape index (κ1) is 13.7. The molecule has 1 rings (SSSR count). The molecule has 1 atom stereocenters.